The Labute approximate surface area is 170 Å². The van der Waals surface area contributed by atoms with Gasteiger partial charge in [0, 0.05) is 15.4 Å². The third-order valence-electron chi connectivity index (χ3n) is 4.57. The van der Waals surface area contributed by atoms with Crippen molar-refractivity contribution in [3.05, 3.63) is 94.8 Å². The fourth-order valence-electron chi connectivity index (χ4n) is 3.26. The monoisotopic (exact) mass is 395 g/mol. The first-order valence-corrected chi connectivity index (χ1v) is 9.74. The van der Waals surface area contributed by atoms with Gasteiger partial charge >= 0.3 is 0 Å². The number of rotatable bonds is 2. The first-order valence-electron chi connectivity index (χ1n) is 8.93. The lowest BCUT2D eigenvalue weighted by molar-refractivity contribution is 0.458. The zero-order valence-corrected chi connectivity index (χ0v) is 15.9. The lowest BCUT2D eigenvalue weighted by atomic mass is 10.2. The Hall–Kier alpha value is -3.82. The standard InChI is InChI=1S/C23H13N3O2S/c24-14-17-22(28-15-8-2-1-3-9-15)25-21-16-10-4-6-12-19(16)29-20-13-7-5-11-18(20)26(21)23(17)27/h1-13H. The van der Waals surface area contributed by atoms with Crippen LogP contribution in [0.25, 0.3) is 17.1 Å². The van der Waals surface area contributed by atoms with Crippen LogP contribution in [-0.2, 0) is 0 Å². The predicted molar refractivity (Wildman–Crippen MR) is 111 cm³/mol. The van der Waals surface area contributed by atoms with Crippen molar-refractivity contribution in [3.63, 3.8) is 0 Å². The summed E-state index contributed by atoms with van der Waals surface area (Å²) in [6.07, 6.45) is 0. The van der Waals surface area contributed by atoms with Gasteiger partial charge in [-0.1, -0.05) is 60.3 Å². The first-order chi connectivity index (χ1) is 14.3. The third kappa shape index (κ3) is 2.89. The number of ether oxygens (including phenoxy) is 1. The molecule has 0 fully saturated rings. The molecule has 0 radical (unpaired) electrons. The second-order valence-electron chi connectivity index (χ2n) is 6.35. The fourth-order valence-corrected chi connectivity index (χ4v) is 4.33. The molecular weight excluding hydrogens is 382 g/mol. The lowest BCUT2D eigenvalue weighted by Gasteiger charge is -2.15. The molecule has 0 saturated carbocycles. The molecule has 0 unspecified atom stereocenters. The number of para-hydroxylation sites is 2. The lowest BCUT2D eigenvalue weighted by Crippen LogP contribution is -2.25. The molecular formula is C23H13N3O2S. The second kappa shape index (κ2) is 6.97. The van der Waals surface area contributed by atoms with Gasteiger partial charge in [-0.05, 0) is 30.3 Å². The summed E-state index contributed by atoms with van der Waals surface area (Å²) in [5, 5.41) is 9.70. The van der Waals surface area contributed by atoms with Crippen LogP contribution in [0, 0.1) is 11.3 Å². The second-order valence-corrected chi connectivity index (χ2v) is 7.43. The Morgan fingerprint density at radius 2 is 1.59 bits per heavy atom. The van der Waals surface area contributed by atoms with E-state index in [0.29, 0.717) is 17.3 Å². The van der Waals surface area contributed by atoms with Gasteiger partial charge < -0.3 is 4.74 Å². The number of aromatic nitrogens is 2. The quantitative estimate of drug-likeness (QED) is 0.419. The number of nitrogens with zero attached hydrogens (tertiary/aromatic N) is 3. The molecule has 0 bridgehead atoms. The minimum atomic E-state index is -0.451. The molecule has 3 aromatic carbocycles. The highest BCUT2D eigenvalue weighted by Gasteiger charge is 2.26. The maximum Gasteiger partial charge on any atom is 0.280 e. The van der Waals surface area contributed by atoms with Gasteiger partial charge in [-0.25, -0.2) is 0 Å². The van der Waals surface area contributed by atoms with Crippen LogP contribution in [0.15, 0.2) is 93.4 Å². The van der Waals surface area contributed by atoms with Crippen molar-refractivity contribution < 1.29 is 4.74 Å². The zero-order valence-electron chi connectivity index (χ0n) is 15.1. The van der Waals surface area contributed by atoms with Crippen molar-refractivity contribution in [3.8, 4) is 34.8 Å². The molecule has 5 rings (SSSR count). The molecule has 1 aliphatic rings. The van der Waals surface area contributed by atoms with Gasteiger partial charge in [0.05, 0.1) is 5.69 Å². The summed E-state index contributed by atoms with van der Waals surface area (Å²) in [5.41, 5.74) is 0.933. The highest BCUT2D eigenvalue weighted by molar-refractivity contribution is 7.99. The van der Waals surface area contributed by atoms with E-state index in [2.05, 4.69) is 4.98 Å². The van der Waals surface area contributed by atoms with Crippen molar-refractivity contribution in [2.24, 2.45) is 0 Å². The summed E-state index contributed by atoms with van der Waals surface area (Å²) in [4.78, 5) is 19.9. The summed E-state index contributed by atoms with van der Waals surface area (Å²) < 4.78 is 7.34. The van der Waals surface area contributed by atoms with Gasteiger partial charge in [-0.15, -0.1) is 0 Å². The number of hydrogen-bond donors (Lipinski definition) is 0. The molecule has 2 heterocycles. The number of fused-ring (bicyclic) bond motifs is 5. The van der Waals surface area contributed by atoms with Crippen molar-refractivity contribution in [1.29, 1.82) is 5.26 Å². The summed E-state index contributed by atoms with van der Waals surface area (Å²) in [6, 6.07) is 26.4. The molecule has 4 aromatic rings. The molecule has 0 amide bonds. The molecule has 0 aliphatic carbocycles. The molecule has 6 heteroatoms. The highest BCUT2D eigenvalue weighted by Crippen LogP contribution is 2.42. The average molecular weight is 395 g/mol. The summed E-state index contributed by atoms with van der Waals surface area (Å²) >= 11 is 1.57. The average Bonchev–Trinajstić information content (AvgIpc) is 2.89. The van der Waals surface area contributed by atoms with Gasteiger partial charge in [0.1, 0.15) is 11.8 Å². The van der Waals surface area contributed by atoms with E-state index < -0.39 is 5.56 Å². The van der Waals surface area contributed by atoms with Crippen LogP contribution >= 0.6 is 11.8 Å². The van der Waals surface area contributed by atoms with Crippen LogP contribution in [0.2, 0.25) is 0 Å². The summed E-state index contributed by atoms with van der Waals surface area (Å²) in [6.45, 7) is 0. The van der Waals surface area contributed by atoms with E-state index in [1.54, 1.807) is 23.9 Å². The van der Waals surface area contributed by atoms with E-state index in [9.17, 15) is 10.1 Å². The van der Waals surface area contributed by atoms with Crippen LogP contribution in [0.5, 0.6) is 11.6 Å². The number of hydrogen-bond acceptors (Lipinski definition) is 5. The molecule has 0 atom stereocenters. The van der Waals surface area contributed by atoms with Crippen LogP contribution < -0.4 is 10.3 Å². The Morgan fingerprint density at radius 1 is 0.897 bits per heavy atom. The van der Waals surface area contributed by atoms with E-state index in [1.165, 1.54) is 4.57 Å². The third-order valence-corrected chi connectivity index (χ3v) is 5.71. The Morgan fingerprint density at radius 3 is 2.38 bits per heavy atom. The zero-order chi connectivity index (χ0) is 19.8. The maximum atomic E-state index is 13.4. The topological polar surface area (TPSA) is 67.9 Å². The van der Waals surface area contributed by atoms with Gasteiger partial charge in [-0.2, -0.15) is 10.2 Å². The predicted octanol–water partition coefficient (Wildman–Crippen LogP) is 5.03. The van der Waals surface area contributed by atoms with Gasteiger partial charge in [0.25, 0.3) is 5.56 Å². The first kappa shape index (κ1) is 17.3. The van der Waals surface area contributed by atoms with E-state index >= 15 is 0 Å². The van der Waals surface area contributed by atoms with E-state index in [0.717, 1.165) is 15.4 Å². The minimum absolute atomic E-state index is 0.00846. The molecule has 1 aliphatic heterocycles. The SMILES string of the molecule is N#Cc1c(Oc2ccccc2)nc2n(c1=O)-c1ccccc1Sc1ccccc1-2. The van der Waals surface area contributed by atoms with Crippen LogP contribution in [0.1, 0.15) is 5.56 Å². The van der Waals surface area contributed by atoms with Gasteiger partial charge in [0.2, 0.25) is 5.88 Å². The molecule has 138 valence electrons. The van der Waals surface area contributed by atoms with Crippen LogP contribution in [0.4, 0.5) is 0 Å². The molecule has 5 nitrogen and oxygen atoms in total. The molecule has 0 spiro atoms. The smallest absolute Gasteiger partial charge is 0.280 e. The van der Waals surface area contributed by atoms with Gasteiger partial charge in [-0.3, -0.25) is 9.36 Å². The largest absolute Gasteiger partial charge is 0.437 e. The van der Waals surface area contributed by atoms with Crippen LogP contribution in [0.3, 0.4) is 0 Å². The van der Waals surface area contributed by atoms with E-state index in [-0.39, 0.29) is 11.4 Å². The summed E-state index contributed by atoms with van der Waals surface area (Å²) in [7, 11) is 0. The molecule has 0 saturated heterocycles. The maximum absolute atomic E-state index is 13.4. The Kier molecular flexibility index (Phi) is 4.15. The highest BCUT2D eigenvalue weighted by atomic mass is 32.2. The normalized spacial score (nSPS) is 11.4. The van der Waals surface area contributed by atoms with E-state index in [4.69, 9.17) is 4.74 Å². The number of benzene rings is 3. The minimum Gasteiger partial charge on any atom is -0.437 e. The Balaban J connectivity index is 1.84. The van der Waals surface area contributed by atoms with Gasteiger partial charge in [0.15, 0.2) is 11.4 Å². The molecule has 1 aromatic heterocycles. The van der Waals surface area contributed by atoms with Crippen LogP contribution in [-0.4, -0.2) is 9.55 Å². The van der Waals surface area contributed by atoms with Crippen molar-refractivity contribution in [2.45, 2.75) is 9.79 Å². The van der Waals surface area contributed by atoms with E-state index in [1.807, 2.05) is 72.8 Å². The summed E-state index contributed by atoms with van der Waals surface area (Å²) in [5.74, 6) is 0.972. The van der Waals surface area contributed by atoms with Crippen molar-refractivity contribution in [2.75, 3.05) is 0 Å². The van der Waals surface area contributed by atoms with Crippen molar-refractivity contribution >= 4 is 11.8 Å². The molecule has 29 heavy (non-hydrogen) atoms. The van der Waals surface area contributed by atoms with Crippen molar-refractivity contribution in [1.82, 2.24) is 9.55 Å². The number of nitriles is 1. The fraction of sp³-hybridized carbons (Fsp3) is 0. The molecule has 0 N–H and O–H groups in total. The Bertz CT molecular complexity index is 1340.